The van der Waals surface area contributed by atoms with Gasteiger partial charge in [-0.25, -0.2) is 0 Å². The molecule has 1 saturated carbocycles. The number of nitrogens with two attached hydrogens (primary N) is 1. The molecule has 4 nitrogen and oxygen atoms in total. The SMILES string of the molecule is CC(C)(C)c1cc(N(c2cc(C(C)(C)C)cc(C(C)(C)C)c2O)C2CCCCC2N)c(O)c(C(C)(C)C)c1. The smallest absolute Gasteiger partial charge is 0.142 e. The maximum atomic E-state index is 11.9. The van der Waals surface area contributed by atoms with Crippen LogP contribution in [0.4, 0.5) is 11.4 Å². The Morgan fingerprint density at radius 1 is 0.605 bits per heavy atom. The maximum absolute atomic E-state index is 11.9. The number of phenolic OH excluding ortho intramolecular Hbond substituents is 2. The molecule has 3 rings (SSSR count). The number of hydrogen-bond donors (Lipinski definition) is 3. The van der Waals surface area contributed by atoms with E-state index in [0.29, 0.717) is 0 Å². The Morgan fingerprint density at radius 3 is 1.29 bits per heavy atom. The Morgan fingerprint density at radius 2 is 0.974 bits per heavy atom. The number of phenols is 2. The van der Waals surface area contributed by atoms with Gasteiger partial charge in [0.05, 0.1) is 11.4 Å². The first kappa shape index (κ1) is 30.3. The molecule has 0 aromatic heterocycles. The summed E-state index contributed by atoms with van der Waals surface area (Å²) in [6.07, 6.45) is 4.02. The Bertz CT molecular complexity index is 1070. The summed E-state index contributed by atoms with van der Waals surface area (Å²) in [6, 6.07) is 8.48. The monoisotopic (exact) mass is 522 g/mol. The minimum atomic E-state index is -0.258. The van der Waals surface area contributed by atoms with Crippen molar-refractivity contribution in [3.05, 3.63) is 46.5 Å². The van der Waals surface area contributed by atoms with E-state index in [9.17, 15) is 10.2 Å². The molecular formula is C34H54N2O2. The lowest BCUT2D eigenvalue weighted by molar-refractivity contribution is 0.372. The third-order valence-electron chi connectivity index (χ3n) is 8.16. The number of aromatic hydroxyl groups is 2. The Kier molecular flexibility index (Phi) is 8.05. The van der Waals surface area contributed by atoms with Crippen LogP contribution in [0.3, 0.4) is 0 Å². The van der Waals surface area contributed by atoms with Gasteiger partial charge in [0.2, 0.25) is 0 Å². The average molecular weight is 523 g/mol. The lowest BCUT2D eigenvalue weighted by Gasteiger charge is -2.42. The molecule has 2 aromatic carbocycles. The zero-order chi connectivity index (χ0) is 29.0. The van der Waals surface area contributed by atoms with Crippen LogP contribution in [0.15, 0.2) is 24.3 Å². The van der Waals surface area contributed by atoms with Crippen molar-refractivity contribution in [2.45, 2.75) is 143 Å². The van der Waals surface area contributed by atoms with Gasteiger partial charge in [0.1, 0.15) is 11.5 Å². The second kappa shape index (κ2) is 10.1. The predicted molar refractivity (Wildman–Crippen MR) is 163 cm³/mol. The number of anilines is 2. The quantitative estimate of drug-likeness (QED) is 0.377. The minimum absolute atomic E-state index is 0.0355. The highest BCUT2D eigenvalue weighted by molar-refractivity contribution is 5.78. The molecule has 1 aliphatic rings. The summed E-state index contributed by atoms with van der Waals surface area (Å²) in [7, 11) is 0. The van der Waals surface area contributed by atoms with E-state index in [2.05, 4.69) is 112 Å². The topological polar surface area (TPSA) is 69.7 Å². The summed E-state index contributed by atoms with van der Waals surface area (Å²) >= 11 is 0. The third-order valence-corrected chi connectivity index (χ3v) is 8.16. The highest BCUT2D eigenvalue weighted by Crippen LogP contribution is 2.50. The van der Waals surface area contributed by atoms with Crippen molar-refractivity contribution in [2.24, 2.45) is 5.73 Å². The van der Waals surface area contributed by atoms with Gasteiger partial charge in [0, 0.05) is 23.2 Å². The van der Waals surface area contributed by atoms with Crippen molar-refractivity contribution >= 4 is 11.4 Å². The van der Waals surface area contributed by atoms with E-state index in [-0.39, 0.29) is 45.2 Å². The summed E-state index contributed by atoms with van der Waals surface area (Å²) in [5.41, 5.74) is 11.7. The number of rotatable bonds is 3. The standard InChI is InChI=1S/C34H54N2O2/c1-31(2,3)21-17-23(33(7,8)9)29(37)27(19-21)36(26-16-14-13-15-25(26)35)28-20-22(32(4,5)6)18-24(30(28)38)34(10,11)12/h17-20,25-26,37-38H,13-16,35H2,1-12H3. The van der Waals surface area contributed by atoms with E-state index < -0.39 is 0 Å². The van der Waals surface area contributed by atoms with Gasteiger partial charge in [-0.15, -0.1) is 0 Å². The van der Waals surface area contributed by atoms with Crippen molar-refractivity contribution < 1.29 is 10.2 Å². The van der Waals surface area contributed by atoms with Crippen molar-refractivity contribution in [3.8, 4) is 11.5 Å². The lowest BCUT2D eigenvalue weighted by Crippen LogP contribution is -2.48. The molecule has 0 radical (unpaired) electrons. The number of benzene rings is 2. The summed E-state index contributed by atoms with van der Waals surface area (Å²) in [4.78, 5) is 2.20. The minimum Gasteiger partial charge on any atom is -0.505 e. The third kappa shape index (κ3) is 6.17. The fraction of sp³-hybridized carbons (Fsp3) is 0.647. The Hall–Kier alpha value is -2.20. The first-order valence-electron chi connectivity index (χ1n) is 14.4. The van der Waals surface area contributed by atoms with Crippen molar-refractivity contribution in [1.29, 1.82) is 0 Å². The van der Waals surface area contributed by atoms with E-state index in [1.165, 1.54) is 0 Å². The second-order valence-corrected chi connectivity index (χ2v) is 15.7. The summed E-state index contributed by atoms with van der Waals surface area (Å²) in [5, 5.41) is 23.9. The van der Waals surface area contributed by atoms with Gasteiger partial charge in [-0.1, -0.05) is 108 Å². The molecule has 0 amide bonds. The molecule has 1 aliphatic carbocycles. The summed E-state index contributed by atoms with van der Waals surface area (Å²) < 4.78 is 0. The largest absolute Gasteiger partial charge is 0.505 e. The van der Waals surface area contributed by atoms with E-state index in [1.54, 1.807) is 0 Å². The van der Waals surface area contributed by atoms with Crippen LogP contribution in [0.2, 0.25) is 0 Å². The van der Waals surface area contributed by atoms with Crippen LogP contribution in [0, 0.1) is 0 Å². The van der Waals surface area contributed by atoms with Gasteiger partial charge in [0.15, 0.2) is 0 Å². The zero-order valence-corrected chi connectivity index (χ0v) is 26.2. The van der Waals surface area contributed by atoms with Gasteiger partial charge in [-0.2, -0.15) is 0 Å². The average Bonchev–Trinajstić information content (AvgIpc) is 2.74. The Balaban J connectivity index is 2.50. The molecule has 0 aliphatic heterocycles. The van der Waals surface area contributed by atoms with Crippen LogP contribution >= 0.6 is 0 Å². The summed E-state index contributed by atoms with van der Waals surface area (Å²) in [5.74, 6) is 0.558. The molecule has 2 unspecified atom stereocenters. The van der Waals surface area contributed by atoms with Crippen molar-refractivity contribution in [2.75, 3.05) is 4.90 Å². The van der Waals surface area contributed by atoms with E-state index in [0.717, 1.165) is 59.3 Å². The molecule has 1 fully saturated rings. The van der Waals surface area contributed by atoms with Crippen LogP contribution < -0.4 is 10.6 Å². The van der Waals surface area contributed by atoms with E-state index in [1.807, 2.05) is 0 Å². The van der Waals surface area contributed by atoms with Gasteiger partial charge in [-0.05, 0) is 57.8 Å². The second-order valence-electron chi connectivity index (χ2n) is 15.7. The van der Waals surface area contributed by atoms with Crippen LogP contribution in [-0.4, -0.2) is 22.3 Å². The highest BCUT2D eigenvalue weighted by Gasteiger charge is 2.37. The first-order valence-corrected chi connectivity index (χ1v) is 14.4. The predicted octanol–water partition coefficient (Wildman–Crippen LogP) is 8.70. The number of nitrogens with zero attached hydrogens (tertiary/aromatic N) is 1. The molecular weight excluding hydrogens is 468 g/mol. The van der Waals surface area contributed by atoms with Crippen LogP contribution in [0.25, 0.3) is 0 Å². The van der Waals surface area contributed by atoms with Crippen LogP contribution in [0.5, 0.6) is 11.5 Å². The fourth-order valence-electron chi connectivity index (χ4n) is 5.56. The Labute approximate surface area is 232 Å². The molecule has 2 atom stereocenters. The molecule has 0 spiro atoms. The van der Waals surface area contributed by atoms with Gasteiger partial charge < -0.3 is 20.8 Å². The summed E-state index contributed by atoms with van der Waals surface area (Å²) in [6.45, 7) is 26.1. The van der Waals surface area contributed by atoms with Crippen LogP contribution in [0.1, 0.15) is 131 Å². The number of hydrogen-bond acceptors (Lipinski definition) is 4. The van der Waals surface area contributed by atoms with E-state index in [4.69, 9.17) is 5.73 Å². The lowest BCUT2D eigenvalue weighted by atomic mass is 9.78. The van der Waals surface area contributed by atoms with Gasteiger partial charge in [-0.3, -0.25) is 0 Å². The fourth-order valence-corrected chi connectivity index (χ4v) is 5.56. The molecule has 4 N–H and O–H groups in total. The maximum Gasteiger partial charge on any atom is 0.142 e. The molecule has 0 bridgehead atoms. The van der Waals surface area contributed by atoms with Crippen molar-refractivity contribution in [3.63, 3.8) is 0 Å². The highest BCUT2D eigenvalue weighted by atomic mass is 16.3. The first-order chi connectivity index (χ1) is 17.1. The molecule has 212 valence electrons. The van der Waals surface area contributed by atoms with Gasteiger partial charge >= 0.3 is 0 Å². The van der Waals surface area contributed by atoms with Crippen molar-refractivity contribution in [1.82, 2.24) is 0 Å². The molecule has 4 heteroatoms. The zero-order valence-electron chi connectivity index (χ0n) is 26.2. The normalized spacial score (nSPS) is 19.5. The molecule has 2 aromatic rings. The molecule has 0 saturated heterocycles. The molecule has 38 heavy (non-hydrogen) atoms. The molecule has 0 heterocycles. The van der Waals surface area contributed by atoms with Gasteiger partial charge in [0.25, 0.3) is 0 Å². The van der Waals surface area contributed by atoms with Crippen LogP contribution in [-0.2, 0) is 21.7 Å². The van der Waals surface area contributed by atoms with E-state index >= 15 is 0 Å².